The number of ether oxygens (including phenoxy) is 12. The molecule has 0 saturated carbocycles. The molecule has 536 valence electrons. The first-order chi connectivity index (χ1) is 43.3. The quantitative estimate of drug-likeness (QED) is 0.00695. The minimum Gasteiger partial charge on any atom is -0.726 e. The second kappa shape index (κ2) is 36.5. The van der Waals surface area contributed by atoms with Crippen molar-refractivity contribution >= 4 is 66.0 Å². The summed E-state index contributed by atoms with van der Waals surface area (Å²) >= 11 is 0. The molecule has 0 aromatic carbocycles. The lowest BCUT2D eigenvalue weighted by Crippen LogP contribution is -2.61. The van der Waals surface area contributed by atoms with E-state index in [1.807, 2.05) is 0 Å². The number of nitrogens with two attached hydrogens (primary N) is 1. The third kappa shape index (κ3) is 24.7. The molecule has 0 spiro atoms. The molecule has 43 nitrogen and oxygen atoms in total. The lowest BCUT2D eigenvalue weighted by Gasteiger charge is -2.46. The molecule has 47 heteroatoms. The summed E-state index contributed by atoms with van der Waals surface area (Å²) in [5.74, 6) is 3.15. The Labute approximate surface area is 530 Å². The molecule has 6 aliphatic rings. The molecule has 6 aliphatic heterocycles. The molecule has 0 aromatic rings. The number of aldehydes is 1. The van der Waals surface area contributed by atoms with Crippen molar-refractivity contribution in [1.82, 2.24) is 0 Å². The fraction of sp³-hybridized carbons (Fsp3) is 0.826. The van der Waals surface area contributed by atoms with Gasteiger partial charge in [0.15, 0.2) is 38.1 Å². The maximum atomic E-state index is 12.1. The molecule has 0 amide bonds. The van der Waals surface area contributed by atoms with Crippen molar-refractivity contribution in [3.8, 4) is 24.7 Å². The van der Waals surface area contributed by atoms with Crippen LogP contribution in [-0.4, -0.2) is 308 Å². The van der Waals surface area contributed by atoms with Gasteiger partial charge in [-0.1, -0.05) is 30.8 Å². The smallest absolute Gasteiger partial charge is 0.217 e. The van der Waals surface area contributed by atoms with Crippen molar-refractivity contribution in [2.45, 2.75) is 174 Å². The van der Waals surface area contributed by atoms with Crippen LogP contribution >= 0.6 is 0 Å². The maximum absolute atomic E-state index is 12.1. The minimum atomic E-state index is -5.23. The SMILES string of the molecule is C#CCO/N=C\[C@@H]1O[C@H](COS(=O)(=O)[O-])C(O[C@@H]2OC(C(=O)[O-])[C@@H](O[C@H]3OC(COS(=O)(=O)[O-])[C@@H](OC)[C@H](O)C3C)CC2O)[C@@H]1O.C#CCON.CO[C@@H]1C(COS(=O)(=O)[O-])O[C@@H](O[C@H]2CC(O)[C@H](OC3[C@@H](COS(=O)(=O)[O-])O[C@@H](C=O)[C@H]3O)OC2C(=O)[O-])C(C)[C@H]1O. The monoisotopic (exact) mass is 1430 g/mol. The van der Waals surface area contributed by atoms with E-state index in [1.165, 1.54) is 28.1 Å². The number of nitrogens with zero attached hydrogens (tertiary/aromatic N) is 1. The van der Waals surface area contributed by atoms with Crippen LogP contribution in [0.4, 0.5) is 0 Å². The van der Waals surface area contributed by atoms with Gasteiger partial charge in [-0.15, -0.1) is 12.8 Å². The summed E-state index contributed by atoms with van der Waals surface area (Å²) in [5, 5.41) is 91.4. The normalized spacial score (nSPS) is 38.3. The number of carbonyl (C=O) groups excluding carboxylic acids is 3. The Morgan fingerprint density at radius 1 is 0.538 bits per heavy atom. The summed E-state index contributed by atoms with van der Waals surface area (Å²) in [7, 11) is -18.4. The number of carbonyl (C=O) groups is 3. The molecule has 6 fully saturated rings. The first-order valence-electron chi connectivity index (χ1n) is 26.6. The maximum Gasteiger partial charge on any atom is 0.217 e. The number of aliphatic hydroxyl groups excluding tert-OH is 6. The molecule has 0 aliphatic carbocycles. The first-order valence-corrected chi connectivity index (χ1v) is 32.0. The van der Waals surface area contributed by atoms with Crippen LogP contribution in [0.15, 0.2) is 5.16 Å². The van der Waals surface area contributed by atoms with Crippen LogP contribution in [0.25, 0.3) is 0 Å². The Morgan fingerprint density at radius 3 is 1.18 bits per heavy atom. The third-order valence-electron chi connectivity index (χ3n) is 14.0. The predicted molar refractivity (Wildman–Crippen MR) is 278 cm³/mol. The number of hydrogen-bond acceptors (Lipinski definition) is 43. The number of carboxylic acids is 2. The number of hydrogen-bond donors (Lipinski definition) is 7. The van der Waals surface area contributed by atoms with Crippen LogP contribution in [0.2, 0.25) is 0 Å². The zero-order valence-corrected chi connectivity index (χ0v) is 51.9. The number of oxime groups is 1. The molecule has 6 heterocycles. The summed E-state index contributed by atoms with van der Waals surface area (Å²) < 4.78 is 213. The summed E-state index contributed by atoms with van der Waals surface area (Å²) in [6, 6.07) is 0. The van der Waals surface area contributed by atoms with Gasteiger partial charge in [0, 0.05) is 38.9 Å². The number of terminal acetylenes is 2. The van der Waals surface area contributed by atoms with Crippen LogP contribution < -0.4 is 16.1 Å². The number of carboxylic acid groups (broad SMARTS) is 2. The van der Waals surface area contributed by atoms with Gasteiger partial charge in [0.2, 0.25) is 41.6 Å². The van der Waals surface area contributed by atoms with Crippen LogP contribution in [0.3, 0.4) is 0 Å². The van der Waals surface area contributed by atoms with Gasteiger partial charge >= 0.3 is 0 Å². The van der Waals surface area contributed by atoms with Crippen LogP contribution in [0.1, 0.15) is 26.7 Å². The van der Waals surface area contributed by atoms with E-state index in [0.717, 1.165) is 6.21 Å². The highest BCUT2D eigenvalue weighted by molar-refractivity contribution is 7.81. The molecule has 26 atom stereocenters. The molecule has 0 bridgehead atoms. The lowest BCUT2D eigenvalue weighted by molar-refractivity contribution is -0.363. The number of rotatable bonds is 29. The Balaban J connectivity index is 0.000000370. The average molecular weight is 1430 g/mol. The second-order valence-electron chi connectivity index (χ2n) is 20.2. The van der Waals surface area contributed by atoms with Gasteiger partial charge in [0.1, 0.15) is 104 Å². The zero-order chi connectivity index (χ0) is 70.1. The zero-order valence-electron chi connectivity index (χ0n) is 48.6. The van der Waals surface area contributed by atoms with Crippen molar-refractivity contribution in [3.05, 3.63) is 0 Å². The van der Waals surface area contributed by atoms with Gasteiger partial charge in [0.25, 0.3) is 0 Å². The van der Waals surface area contributed by atoms with Gasteiger partial charge in [0.05, 0.1) is 69.0 Å². The Kier molecular flexibility index (Phi) is 31.9. The molecule has 93 heavy (non-hydrogen) atoms. The van der Waals surface area contributed by atoms with Crippen molar-refractivity contribution < 1.29 is 190 Å². The van der Waals surface area contributed by atoms with E-state index in [2.05, 4.69) is 50.9 Å². The summed E-state index contributed by atoms with van der Waals surface area (Å²) in [6.07, 6.45) is -28.1. The van der Waals surface area contributed by atoms with Crippen LogP contribution in [-0.2, 0) is 139 Å². The Bertz CT molecular complexity index is 2970. The topological polar surface area (TPSA) is 652 Å². The highest BCUT2D eigenvalue weighted by Crippen LogP contribution is 2.37. The molecule has 6 rings (SSSR count). The largest absolute Gasteiger partial charge is 0.726 e. The van der Waals surface area contributed by atoms with E-state index < -0.39 is 252 Å². The van der Waals surface area contributed by atoms with Crippen molar-refractivity contribution in [3.63, 3.8) is 0 Å². The van der Waals surface area contributed by atoms with Gasteiger partial charge in [-0.05, 0) is 0 Å². The highest BCUT2D eigenvalue weighted by atomic mass is 32.3. The van der Waals surface area contributed by atoms with E-state index in [4.69, 9.17) is 68.1 Å². The van der Waals surface area contributed by atoms with E-state index in [9.17, 15) is 107 Å². The predicted octanol–water partition coefficient (Wildman–Crippen LogP) is -12.1. The molecule has 0 aromatic heterocycles. The summed E-state index contributed by atoms with van der Waals surface area (Å²) in [5.41, 5.74) is 0. The average Bonchev–Trinajstić information content (AvgIpc) is 1.60. The number of methoxy groups -OCH3 is 2. The summed E-state index contributed by atoms with van der Waals surface area (Å²) in [6.45, 7) is -0.959. The van der Waals surface area contributed by atoms with Gasteiger partial charge < -0.3 is 135 Å². The number of aliphatic hydroxyl groups is 6. The van der Waals surface area contributed by atoms with E-state index in [-0.39, 0.29) is 19.5 Å². The second-order valence-corrected chi connectivity index (χ2v) is 24.5. The number of aliphatic carboxylic acids is 2. The van der Waals surface area contributed by atoms with E-state index in [1.54, 1.807) is 0 Å². The highest BCUT2D eigenvalue weighted by Gasteiger charge is 2.54. The van der Waals surface area contributed by atoms with Gasteiger partial charge in [-0.2, -0.15) is 0 Å². The molecule has 10 unspecified atom stereocenters. The van der Waals surface area contributed by atoms with Crippen LogP contribution in [0, 0.1) is 36.5 Å². The standard InChI is InChI=1S/C23H35NO20S2.C20H32O20S2.C3H5NO/c1-4-5-37-24-7-13-17(27)19(15(40-13)9-39-46(33,34)35)43-23-11(25)6-12(20(44-23)21(28)29)41-22-10(2)16(26)18(36-3)14(42-22)8-38-45(30,31)32;1-7-13(23)15(33-2)11(5-34-41(27,28)29)38-19(7)37-9-3-8(22)20(40-17(9)18(25)26)39-16-12(6-35-42(30,31)32)36-10(4-21)14(16)24;1-2-3-5-4/h1,7,10-20,22-23,25-27H,5-6,8-9H2,2-3H3,(H,28,29)(H,30,31,32)(H,33,34,35);4,7-17,19-20,22-24H,3,5-6H2,1-2H3,(H,25,26)(H,27,28,29)(H,30,31,32);1H,3-4H2/p-6/b24-7-;;/t10?,11?,12-,13-,14?,15+,16+,17+,18+,19?,20?,22-,23+;7?,8?,9-,10-,11?,12+,13+,14+,15+,16?,17?,19+,20+;/m00./s1. The van der Waals surface area contributed by atoms with E-state index in [0.29, 0.717) is 0 Å². The molecule has 8 N–H and O–H groups in total. The first kappa shape index (κ1) is 81.3. The fourth-order valence-corrected chi connectivity index (χ4v) is 10.8. The van der Waals surface area contributed by atoms with Gasteiger partial charge in [-0.3, -0.25) is 21.6 Å². The minimum absolute atomic E-state index is 0.150. The third-order valence-corrected chi connectivity index (χ3v) is 15.7. The summed E-state index contributed by atoms with van der Waals surface area (Å²) in [4.78, 5) is 43.9. The van der Waals surface area contributed by atoms with E-state index >= 15 is 0 Å². The molecule has 6 saturated heterocycles. The van der Waals surface area contributed by atoms with Crippen molar-refractivity contribution in [1.29, 1.82) is 0 Å². The molecule has 0 radical (unpaired) electrons. The molecular formula is C46H66N2O41S4-6. The van der Waals surface area contributed by atoms with Crippen LogP contribution in [0.5, 0.6) is 0 Å². The Morgan fingerprint density at radius 2 is 0.882 bits per heavy atom. The Hall–Kier alpha value is -4.12. The van der Waals surface area contributed by atoms with Crippen molar-refractivity contribution in [2.75, 3.05) is 53.9 Å². The van der Waals surface area contributed by atoms with Crippen molar-refractivity contribution in [2.24, 2.45) is 22.9 Å². The fourth-order valence-electron chi connectivity index (χ4n) is 9.63. The lowest BCUT2D eigenvalue weighted by atomic mass is 9.92. The van der Waals surface area contributed by atoms with Gasteiger partial charge in [-0.25, -0.2) is 39.6 Å². The molecular weight excluding hydrogens is 1360 g/mol.